The van der Waals surface area contributed by atoms with Gasteiger partial charge in [-0.1, -0.05) is 44.2 Å². The number of nitrogens with two attached hydrogens (primary N) is 1. The highest BCUT2D eigenvalue weighted by Gasteiger charge is 2.40. The number of para-hydroxylation sites is 1. The minimum atomic E-state index is -0.616. The number of carbonyl (C=O) groups is 2. The first kappa shape index (κ1) is 17.7. The maximum Gasteiger partial charge on any atom is 0.274 e. The summed E-state index contributed by atoms with van der Waals surface area (Å²) in [5, 5.41) is 0.555. The first-order valence-corrected chi connectivity index (χ1v) is 9.15. The molecule has 1 saturated heterocycles. The van der Waals surface area contributed by atoms with E-state index in [0.29, 0.717) is 24.6 Å². The van der Waals surface area contributed by atoms with Crippen molar-refractivity contribution in [2.45, 2.75) is 45.8 Å². The van der Waals surface area contributed by atoms with Gasteiger partial charge in [-0.05, 0) is 17.5 Å². The number of ether oxygens (including phenoxy) is 1. The van der Waals surface area contributed by atoms with Crippen LogP contribution in [0.3, 0.4) is 0 Å². The van der Waals surface area contributed by atoms with Gasteiger partial charge in [-0.25, -0.2) is 4.98 Å². The van der Waals surface area contributed by atoms with Crippen LogP contribution in [0.15, 0.2) is 24.3 Å². The monoisotopic (exact) mass is 361 g/mol. The first-order chi connectivity index (χ1) is 11.7. The Morgan fingerprint density at radius 2 is 2.08 bits per heavy atom. The molecule has 3 rings (SSSR count). The molecule has 0 spiro atoms. The van der Waals surface area contributed by atoms with Crippen LogP contribution in [0.25, 0.3) is 10.2 Å². The highest BCUT2D eigenvalue weighted by molar-refractivity contribution is 7.20. The maximum atomic E-state index is 12.6. The Bertz CT molecular complexity index is 763. The number of thiazole rings is 1. The number of benzene rings is 1. The number of carbonyl (C=O) groups excluding carboxylic acids is 2. The molecule has 1 aliphatic rings. The second kappa shape index (κ2) is 6.63. The predicted octanol–water partition coefficient (Wildman–Crippen LogP) is 2.57. The Morgan fingerprint density at radius 1 is 1.36 bits per heavy atom. The fraction of sp³-hybridized carbons (Fsp3) is 0.500. The third-order valence-electron chi connectivity index (χ3n) is 4.13. The number of nitrogens with zero attached hydrogens (tertiary/aromatic N) is 2. The van der Waals surface area contributed by atoms with Crippen molar-refractivity contribution in [1.29, 1.82) is 0 Å². The van der Waals surface area contributed by atoms with Crippen molar-refractivity contribution in [2.24, 2.45) is 11.1 Å². The first-order valence-electron chi connectivity index (χ1n) is 8.34. The fourth-order valence-electron chi connectivity index (χ4n) is 3.03. The number of hydrogen-bond donors (Lipinski definition) is 1. The number of hydrogen-bond acceptors (Lipinski definition) is 5. The lowest BCUT2D eigenvalue weighted by atomic mass is 9.91. The third kappa shape index (κ3) is 4.10. The van der Waals surface area contributed by atoms with Gasteiger partial charge in [0.25, 0.3) is 5.19 Å². The second-order valence-corrected chi connectivity index (χ2v) is 8.62. The molecule has 2 amide bonds. The Kier molecular flexibility index (Phi) is 4.69. The summed E-state index contributed by atoms with van der Waals surface area (Å²) in [7, 11) is 0. The summed E-state index contributed by atoms with van der Waals surface area (Å²) >= 11 is 1.46. The van der Waals surface area contributed by atoms with Crippen LogP contribution < -0.4 is 10.5 Å². The Labute approximate surface area is 151 Å². The maximum absolute atomic E-state index is 12.6. The number of fused-ring (bicyclic) bond motifs is 1. The van der Waals surface area contributed by atoms with Crippen molar-refractivity contribution in [1.82, 2.24) is 9.88 Å². The van der Waals surface area contributed by atoms with E-state index in [1.807, 2.05) is 45.0 Å². The molecule has 0 unspecified atom stereocenters. The zero-order valence-corrected chi connectivity index (χ0v) is 15.5. The van der Waals surface area contributed by atoms with Gasteiger partial charge in [0.15, 0.2) is 0 Å². The molecule has 7 heteroatoms. The molecule has 1 aliphatic heterocycles. The number of aromatic nitrogens is 1. The van der Waals surface area contributed by atoms with Crippen LogP contribution in [-0.4, -0.2) is 40.4 Å². The van der Waals surface area contributed by atoms with E-state index in [9.17, 15) is 9.59 Å². The minimum Gasteiger partial charge on any atom is -0.465 e. The smallest absolute Gasteiger partial charge is 0.274 e. The van der Waals surface area contributed by atoms with Crippen LogP contribution in [0, 0.1) is 5.41 Å². The molecular formula is C18H23N3O3S. The summed E-state index contributed by atoms with van der Waals surface area (Å²) in [6.07, 6.45) is 0.494. The molecule has 1 aromatic heterocycles. The molecule has 2 atom stereocenters. The summed E-state index contributed by atoms with van der Waals surface area (Å²) < 4.78 is 7.00. The zero-order valence-electron chi connectivity index (χ0n) is 14.7. The standard InChI is InChI=1S/C18H23N3O3S/c1-18(2,3)9-15(22)21-10-11(8-13(21)16(19)23)24-17-20-12-6-4-5-7-14(12)25-17/h4-7,11,13H,8-10H2,1-3H3,(H2,19,23)/t11-,13+/m1/s1. The van der Waals surface area contributed by atoms with Gasteiger partial charge in [-0.15, -0.1) is 0 Å². The van der Waals surface area contributed by atoms with Crippen LogP contribution in [0.5, 0.6) is 5.19 Å². The average molecular weight is 361 g/mol. The van der Waals surface area contributed by atoms with Gasteiger partial charge < -0.3 is 15.4 Å². The van der Waals surface area contributed by atoms with E-state index in [1.54, 1.807) is 4.90 Å². The van der Waals surface area contributed by atoms with Gasteiger partial charge in [-0.2, -0.15) is 0 Å². The summed E-state index contributed by atoms with van der Waals surface area (Å²) in [5.74, 6) is -0.552. The van der Waals surface area contributed by atoms with Crippen molar-refractivity contribution in [3.05, 3.63) is 24.3 Å². The summed E-state index contributed by atoms with van der Waals surface area (Å²) in [6.45, 7) is 6.35. The largest absolute Gasteiger partial charge is 0.465 e. The van der Waals surface area contributed by atoms with Crippen LogP contribution in [0.4, 0.5) is 0 Å². The van der Waals surface area contributed by atoms with E-state index in [2.05, 4.69) is 4.98 Å². The van der Waals surface area contributed by atoms with Crippen molar-refractivity contribution in [3.63, 3.8) is 0 Å². The molecular weight excluding hydrogens is 338 g/mol. The fourth-order valence-corrected chi connectivity index (χ4v) is 3.91. The summed E-state index contributed by atoms with van der Waals surface area (Å²) in [5.41, 5.74) is 6.24. The lowest BCUT2D eigenvalue weighted by Gasteiger charge is -2.26. The molecule has 0 aliphatic carbocycles. The number of rotatable bonds is 4. The predicted molar refractivity (Wildman–Crippen MR) is 97.4 cm³/mol. The highest BCUT2D eigenvalue weighted by atomic mass is 32.1. The van der Waals surface area contributed by atoms with Crippen molar-refractivity contribution in [3.8, 4) is 5.19 Å². The molecule has 2 N–H and O–H groups in total. The van der Waals surface area contributed by atoms with Crippen LogP contribution in [0.1, 0.15) is 33.6 Å². The Balaban J connectivity index is 1.73. The van der Waals surface area contributed by atoms with E-state index < -0.39 is 11.9 Å². The number of primary amides is 1. The van der Waals surface area contributed by atoms with Crippen molar-refractivity contribution < 1.29 is 14.3 Å². The van der Waals surface area contributed by atoms with Gasteiger partial charge in [0.2, 0.25) is 11.8 Å². The van der Waals surface area contributed by atoms with E-state index in [1.165, 1.54) is 11.3 Å². The molecule has 0 saturated carbocycles. The van der Waals surface area contributed by atoms with E-state index in [4.69, 9.17) is 10.5 Å². The molecule has 2 aromatic rings. The molecule has 2 heterocycles. The Morgan fingerprint density at radius 3 is 2.72 bits per heavy atom. The summed E-state index contributed by atoms with van der Waals surface area (Å²) in [6, 6.07) is 7.18. The normalized spacial score (nSPS) is 20.8. The zero-order chi connectivity index (χ0) is 18.2. The number of amides is 2. The van der Waals surface area contributed by atoms with Gasteiger partial charge >= 0.3 is 0 Å². The lowest BCUT2D eigenvalue weighted by Crippen LogP contribution is -2.44. The molecule has 25 heavy (non-hydrogen) atoms. The second-order valence-electron chi connectivity index (χ2n) is 7.62. The van der Waals surface area contributed by atoms with Crippen molar-refractivity contribution in [2.75, 3.05) is 6.54 Å². The minimum absolute atomic E-state index is 0.0632. The molecule has 0 radical (unpaired) electrons. The highest BCUT2D eigenvalue weighted by Crippen LogP contribution is 2.31. The summed E-state index contributed by atoms with van der Waals surface area (Å²) in [4.78, 5) is 30.4. The molecule has 1 fully saturated rings. The van der Waals surface area contributed by atoms with Gasteiger partial charge in [0, 0.05) is 12.8 Å². The Hall–Kier alpha value is -2.15. The lowest BCUT2D eigenvalue weighted by molar-refractivity contribution is -0.138. The van der Waals surface area contributed by atoms with E-state index >= 15 is 0 Å². The number of likely N-dealkylation sites (tertiary alicyclic amines) is 1. The van der Waals surface area contributed by atoms with E-state index in [0.717, 1.165) is 10.2 Å². The molecule has 6 nitrogen and oxygen atoms in total. The molecule has 1 aromatic carbocycles. The quantitative estimate of drug-likeness (QED) is 0.907. The SMILES string of the molecule is CC(C)(C)CC(=O)N1C[C@H](Oc2nc3ccccc3s2)C[C@H]1C(N)=O. The van der Waals surface area contributed by atoms with E-state index in [-0.39, 0.29) is 17.4 Å². The van der Waals surface area contributed by atoms with Crippen LogP contribution in [-0.2, 0) is 9.59 Å². The third-order valence-corrected chi connectivity index (χ3v) is 5.06. The molecule has 0 bridgehead atoms. The van der Waals surface area contributed by atoms with Crippen LogP contribution in [0.2, 0.25) is 0 Å². The average Bonchev–Trinajstić information content (AvgIpc) is 3.09. The van der Waals surface area contributed by atoms with Gasteiger partial charge in [0.05, 0.1) is 16.8 Å². The topological polar surface area (TPSA) is 85.5 Å². The van der Waals surface area contributed by atoms with Gasteiger partial charge in [0.1, 0.15) is 12.1 Å². The molecule has 134 valence electrons. The van der Waals surface area contributed by atoms with Gasteiger partial charge in [-0.3, -0.25) is 9.59 Å². The van der Waals surface area contributed by atoms with Crippen LogP contribution >= 0.6 is 11.3 Å². The van der Waals surface area contributed by atoms with Crippen molar-refractivity contribution >= 4 is 33.4 Å².